The van der Waals surface area contributed by atoms with Crippen LogP contribution in [0.2, 0.25) is 0 Å². The highest BCUT2D eigenvalue weighted by atomic mass is 16.6. The van der Waals surface area contributed by atoms with Crippen molar-refractivity contribution in [1.82, 2.24) is 0 Å². The molecule has 70 valence electrons. The largest absolute Gasteiger partial charge is 0.388 e. The van der Waals surface area contributed by atoms with Crippen LogP contribution >= 0.6 is 0 Å². The van der Waals surface area contributed by atoms with Crippen molar-refractivity contribution in [3.63, 3.8) is 0 Å². The number of rotatable bonds is 3. The summed E-state index contributed by atoms with van der Waals surface area (Å²) in [5, 5.41) is 9.74. The molecule has 1 aromatic carbocycles. The summed E-state index contributed by atoms with van der Waals surface area (Å²) >= 11 is 0. The molecule has 1 saturated heterocycles. The summed E-state index contributed by atoms with van der Waals surface area (Å²) in [5.41, 5.74) is 2.21. The Morgan fingerprint density at radius 2 is 2.08 bits per heavy atom. The van der Waals surface area contributed by atoms with Crippen LogP contribution in [0.3, 0.4) is 0 Å². The second-order valence-corrected chi connectivity index (χ2v) is 3.62. The SMILES string of the molecule is Cc1ccc(C(O)CC2CO2)cc1. The molecule has 1 aliphatic heterocycles. The van der Waals surface area contributed by atoms with Crippen LogP contribution in [0.4, 0.5) is 0 Å². The zero-order valence-corrected chi connectivity index (χ0v) is 7.73. The van der Waals surface area contributed by atoms with Crippen molar-refractivity contribution in [2.24, 2.45) is 0 Å². The van der Waals surface area contributed by atoms with E-state index in [0.717, 1.165) is 18.6 Å². The minimum atomic E-state index is -0.368. The Labute approximate surface area is 78.2 Å². The first kappa shape index (κ1) is 8.73. The van der Waals surface area contributed by atoms with Gasteiger partial charge in [0.15, 0.2) is 0 Å². The summed E-state index contributed by atoms with van der Waals surface area (Å²) in [6.45, 7) is 2.85. The predicted octanol–water partition coefficient (Wildman–Crippen LogP) is 1.82. The molecule has 0 amide bonds. The van der Waals surface area contributed by atoms with E-state index >= 15 is 0 Å². The quantitative estimate of drug-likeness (QED) is 0.716. The molecule has 0 saturated carbocycles. The van der Waals surface area contributed by atoms with Crippen molar-refractivity contribution >= 4 is 0 Å². The zero-order valence-electron chi connectivity index (χ0n) is 7.73. The molecule has 1 aliphatic rings. The second-order valence-electron chi connectivity index (χ2n) is 3.62. The second kappa shape index (κ2) is 3.48. The van der Waals surface area contributed by atoms with Gasteiger partial charge in [-0.2, -0.15) is 0 Å². The molecular formula is C11H14O2. The van der Waals surface area contributed by atoms with E-state index < -0.39 is 0 Å². The number of aryl methyl sites for hydroxylation is 1. The molecule has 0 radical (unpaired) electrons. The Bertz CT molecular complexity index is 275. The fourth-order valence-electron chi connectivity index (χ4n) is 1.38. The van der Waals surface area contributed by atoms with Gasteiger partial charge in [-0.05, 0) is 12.5 Å². The molecule has 1 fully saturated rings. The maximum atomic E-state index is 9.74. The first-order valence-electron chi connectivity index (χ1n) is 4.62. The molecule has 2 unspecified atom stereocenters. The van der Waals surface area contributed by atoms with E-state index in [1.807, 2.05) is 31.2 Å². The maximum absolute atomic E-state index is 9.74. The number of aliphatic hydroxyl groups excluding tert-OH is 1. The summed E-state index contributed by atoms with van der Waals surface area (Å²) < 4.78 is 5.06. The summed E-state index contributed by atoms with van der Waals surface area (Å²) in [5.74, 6) is 0. The topological polar surface area (TPSA) is 32.8 Å². The van der Waals surface area contributed by atoms with Gasteiger partial charge in [-0.3, -0.25) is 0 Å². The average molecular weight is 178 g/mol. The summed E-state index contributed by atoms with van der Waals surface area (Å²) in [4.78, 5) is 0. The Morgan fingerprint density at radius 1 is 1.46 bits per heavy atom. The van der Waals surface area contributed by atoms with Crippen molar-refractivity contribution in [2.45, 2.75) is 25.6 Å². The number of benzene rings is 1. The first-order valence-corrected chi connectivity index (χ1v) is 4.62. The number of aliphatic hydroxyl groups is 1. The molecule has 1 heterocycles. The van der Waals surface area contributed by atoms with Crippen molar-refractivity contribution in [1.29, 1.82) is 0 Å². The lowest BCUT2D eigenvalue weighted by Crippen LogP contribution is -2.01. The van der Waals surface area contributed by atoms with Crippen molar-refractivity contribution in [3.05, 3.63) is 35.4 Å². The van der Waals surface area contributed by atoms with Crippen LogP contribution in [0.1, 0.15) is 23.7 Å². The third-order valence-electron chi connectivity index (χ3n) is 2.35. The molecule has 13 heavy (non-hydrogen) atoms. The fraction of sp³-hybridized carbons (Fsp3) is 0.455. The van der Waals surface area contributed by atoms with Gasteiger partial charge in [-0.25, -0.2) is 0 Å². The summed E-state index contributed by atoms with van der Waals surface area (Å²) in [6.07, 6.45) is 0.646. The van der Waals surface area contributed by atoms with E-state index in [0.29, 0.717) is 0 Å². The highest BCUT2D eigenvalue weighted by Gasteiger charge is 2.26. The number of hydrogen-bond acceptors (Lipinski definition) is 2. The van der Waals surface area contributed by atoms with Crippen LogP contribution in [-0.4, -0.2) is 17.8 Å². The van der Waals surface area contributed by atoms with Crippen molar-refractivity contribution in [3.8, 4) is 0 Å². The van der Waals surface area contributed by atoms with Crippen LogP contribution in [0.5, 0.6) is 0 Å². The monoisotopic (exact) mass is 178 g/mol. The molecule has 2 heteroatoms. The van der Waals surface area contributed by atoms with Gasteiger partial charge in [0.05, 0.1) is 18.8 Å². The molecule has 2 atom stereocenters. The van der Waals surface area contributed by atoms with Gasteiger partial charge >= 0.3 is 0 Å². The summed E-state index contributed by atoms with van der Waals surface area (Å²) in [7, 11) is 0. The van der Waals surface area contributed by atoms with Gasteiger partial charge < -0.3 is 9.84 Å². The van der Waals surface area contributed by atoms with Gasteiger partial charge in [0.25, 0.3) is 0 Å². The minimum absolute atomic E-state index is 0.288. The highest BCUT2D eigenvalue weighted by Crippen LogP contribution is 2.25. The standard InChI is InChI=1S/C11H14O2/c1-8-2-4-9(5-3-8)11(12)6-10-7-13-10/h2-5,10-12H,6-7H2,1H3. The van der Waals surface area contributed by atoms with E-state index in [9.17, 15) is 5.11 Å². The molecular weight excluding hydrogens is 164 g/mol. The number of ether oxygens (including phenoxy) is 1. The molecule has 2 rings (SSSR count). The van der Waals surface area contributed by atoms with Crippen molar-refractivity contribution < 1.29 is 9.84 Å². The minimum Gasteiger partial charge on any atom is -0.388 e. The van der Waals surface area contributed by atoms with E-state index in [1.54, 1.807) is 0 Å². The van der Waals surface area contributed by atoms with Gasteiger partial charge in [0, 0.05) is 6.42 Å². The van der Waals surface area contributed by atoms with Gasteiger partial charge in [-0.1, -0.05) is 29.8 Å². The van der Waals surface area contributed by atoms with Gasteiger partial charge in [-0.15, -0.1) is 0 Å². The lowest BCUT2D eigenvalue weighted by atomic mass is 10.0. The highest BCUT2D eigenvalue weighted by molar-refractivity contribution is 5.23. The molecule has 0 aliphatic carbocycles. The van der Waals surface area contributed by atoms with Crippen LogP contribution < -0.4 is 0 Å². The first-order chi connectivity index (χ1) is 6.25. The smallest absolute Gasteiger partial charge is 0.0837 e. The molecule has 1 aromatic rings. The zero-order chi connectivity index (χ0) is 9.26. The Hall–Kier alpha value is -0.860. The normalized spacial score (nSPS) is 22.8. The summed E-state index contributed by atoms with van der Waals surface area (Å²) in [6, 6.07) is 7.99. The third-order valence-corrected chi connectivity index (χ3v) is 2.35. The van der Waals surface area contributed by atoms with Crippen LogP contribution in [-0.2, 0) is 4.74 Å². The average Bonchev–Trinajstić information content (AvgIpc) is 2.89. The molecule has 1 N–H and O–H groups in total. The van der Waals surface area contributed by atoms with Crippen LogP contribution in [0, 0.1) is 6.92 Å². The fourth-order valence-corrected chi connectivity index (χ4v) is 1.38. The van der Waals surface area contributed by atoms with E-state index in [1.165, 1.54) is 5.56 Å². The number of epoxide rings is 1. The van der Waals surface area contributed by atoms with Gasteiger partial charge in [0.1, 0.15) is 0 Å². The van der Waals surface area contributed by atoms with E-state index in [4.69, 9.17) is 4.74 Å². The lowest BCUT2D eigenvalue weighted by molar-refractivity contribution is 0.154. The van der Waals surface area contributed by atoms with Crippen molar-refractivity contribution in [2.75, 3.05) is 6.61 Å². The Balaban J connectivity index is 2.01. The van der Waals surface area contributed by atoms with Crippen LogP contribution in [0.15, 0.2) is 24.3 Å². The third kappa shape index (κ3) is 2.29. The van der Waals surface area contributed by atoms with E-state index in [-0.39, 0.29) is 12.2 Å². The molecule has 0 aromatic heterocycles. The van der Waals surface area contributed by atoms with Gasteiger partial charge in [0.2, 0.25) is 0 Å². The molecule has 0 bridgehead atoms. The number of hydrogen-bond donors (Lipinski definition) is 1. The predicted molar refractivity (Wildman–Crippen MR) is 50.5 cm³/mol. The van der Waals surface area contributed by atoms with E-state index in [2.05, 4.69) is 0 Å². The lowest BCUT2D eigenvalue weighted by Gasteiger charge is -2.08. The molecule has 2 nitrogen and oxygen atoms in total. The Kier molecular flexibility index (Phi) is 2.34. The molecule has 0 spiro atoms. The maximum Gasteiger partial charge on any atom is 0.0837 e. The van der Waals surface area contributed by atoms with Crippen LogP contribution in [0.25, 0.3) is 0 Å². The Morgan fingerprint density at radius 3 is 2.62 bits per heavy atom.